The van der Waals surface area contributed by atoms with Gasteiger partial charge < -0.3 is 15.8 Å². The standard InChI is InChI=1S/C20H19ClF3N5O2/c1-31-17-11(4-5-12(18(25)30)16(17)10-2-3-10)14-9-27-19-13(8-15(21)28-29(14)19)26-7-6-20(22,23)24/h4-5,8-10,26H,2-3,6-7H2,1H3,(H2,25,30). The zero-order chi connectivity index (χ0) is 22.3. The second kappa shape index (κ2) is 7.92. The van der Waals surface area contributed by atoms with Crippen LogP contribution >= 0.6 is 11.6 Å². The Balaban J connectivity index is 1.81. The summed E-state index contributed by atoms with van der Waals surface area (Å²) in [7, 11) is 1.50. The van der Waals surface area contributed by atoms with Crippen LogP contribution in [0.3, 0.4) is 0 Å². The minimum absolute atomic E-state index is 0.0800. The lowest BCUT2D eigenvalue weighted by molar-refractivity contribution is -0.131. The highest BCUT2D eigenvalue weighted by atomic mass is 35.5. The summed E-state index contributed by atoms with van der Waals surface area (Å²) in [5.74, 6) is 0.129. The number of benzene rings is 1. The Kier molecular flexibility index (Phi) is 5.42. The van der Waals surface area contributed by atoms with E-state index in [1.807, 2.05) is 0 Å². The van der Waals surface area contributed by atoms with E-state index in [4.69, 9.17) is 22.1 Å². The van der Waals surface area contributed by atoms with E-state index in [2.05, 4.69) is 15.4 Å². The molecule has 0 saturated heterocycles. The summed E-state index contributed by atoms with van der Waals surface area (Å²) in [5, 5.41) is 7.06. The molecular formula is C20H19ClF3N5O2. The van der Waals surface area contributed by atoms with E-state index in [1.54, 1.807) is 12.1 Å². The minimum atomic E-state index is -4.28. The van der Waals surface area contributed by atoms with Gasteiger partial charge in [0.1, 0.15) is 5.75 Å². The predicted octanol–water partition coefficient (Wildman–Crippen LogP) is 4.40. The van der Waals surface area contributed by atoms with Gasteiger partial charge in [0.15, 0.2) is 10.8 Å². The molecule has 1 saturated carbocycles. The Labute approximate surface area is 180 Å². The molecule has 0 spiro atoms. The molecule has 164 valence electrons. The first-order valence-corrected chi connectivity index (χ1v) is 9.93. The number of nitrogens with two attached hydrogens (primary N) is 1. The number of methoxy groups -OCH3 is 1. The molecule has 0 aliphatic heterocycles. The molecule has 1 aliphatic carbocycles. The van der Waals surface area contributed by atoms with Gasteiger partial charge in [0.05, 0.1) is 31.1 Å². The summed E-state index contributed by atoms with van der Waals surface area (Å²) >= 11 is 6.13. The van der Waals surface area contributed by atoms with E-state index in [0.29, 0.717) is 33.9 Å². The molecule has 2 aromatic heterocycles. The number of aromatic nitrogens is 3. The SMILES string of the molecule is COc1c(-c2cnc3c(NCCC(F)(F)F)cc(Cl)nn23)ccc(C(N)=O)c1C1CC1. The van der Waals surface area contributed by atoms with E-state index in [9.17, 15) is 18.0 Å². The lowest BCUT2D eigenvalue weighted by Gasteiger charge is -2.16. The fourth-order valence-electron chi connectivity index (χ4n) is 3.60. The number of nitrogens with zero attached hydrogens (tertiary/aromatic N) is 3. The fourth-order valence-corrected chi connectivity index (χ4v) is 3.79. The van der Waals surface area contributed by atoms with Crippen LogP contribution < -0.4 is 15.8 Å². The third-order valence-electron chi connectivity index (χ3n) is 5.09. The molecule has 1 aromatic carbocycles. The molecule has 2 heterocycles. The molecule has 1 fully saturated rings. The van der Waals surface area contributed by atoms with Gasteiger partial charge in [0.2, 0.25) is 5.91 Å². The zero-order valence-electron chi connectivity index (χ0n) is 16.5. The normalized spacial score (nSPS) is 14.1. The molecule has 0 atom stereocenters. The molecule has 31 heavy (non-hydrogen) atoms. The van der Waals surface area contributed by atoms with Crippen molar-refractivity contribution < 1.29 is 22.7 Å². The molecule has 1 amide bonds. The number of hydrogen-bond acceptors (Lipinski definition) is 5. The van der Waals surface area contributed by atoms with Crippen molar-refractivity contribution >= 4 is 28.8 Å². The van der Waals surface area contributed by atoms with Crippen LogP contribution in [0.25, 0.3) is 16.9 Å². The predicted molar refractivity (Wildman–Crippen MR) is 110 cm³/mol. The van der Waals surface area contributed by atoms with Gasteiger partial charge in [-0.25, -0.2) is 9.50 Å². The van der Waals surface area contributed by atoms with Crippen LogP contribution in [-0.2, 0) is 0 Å². The number of fused-ring (bicyclic) bond motifs is 1. The molecule has 0 bridgehead atoms. The Morgan fingerprint density at radius 2 is 2.13 bits per heavy atom. The third kappa shape index (κ3) is 4.25. The van der Waals surface area contributed by atoms with Crippen molar-refractivity contribution in [2.45, 2.75) is 31.4 Å². The molecule has 0 radical (unpaired) electrons. The first kappa shape index (κ1) is 21.2. The van der Waals surface area contributed by atoms with Gasteiger partial charge in [0, 0.05) is 29.3 Å². The van der Waals surface area contributed by atoms with Crippen LogP contribution in [0.1, 0.15) is 41.1 Å². The van der Waals surface area contributed by atoms with Gasteiger partial charge in [-0.2, -0.15) is 18.3 Å². The number of alkyl halides is 3. The van der Waals surface area contributed by atoms with E-state index >= 15 is 0 Å². The summed E-state index contributed by atoms with van der Waals surface area (Å²) < 4.78 is 44.6. The molecule has 0 unspecified atom stereocenters. The number of primary amides is 1. The van der Waals surface area contributed by atoms with Crippen LogP contribution in [0, 0.1) is 0 Å². The number of ether oxygens (including phenoxy) is 1. The maximum absolute atomic E-state index is 12.5. The van der Waals surface area contributed by atoms with E-state index in [0.717, 1.165) is 18.4 Å². The highest BCUT2D eigenvalue weighted by molar-refractivity contribution is 6.29. The van der Waals surface area contributed by atoms with Crippen molar-refractivity contribution in [3.63, 3.8) is 0 Å². The number of amides is 1. The highest BCUT2D eigenvalue weighted by Crippen LogP contribution is 2.49. The number of carbonyl (C=O) groups is 1. The average molecular weight is 454 g/mol. The lowest BCUT2D eigenvalue weighted by atomic mass is 9.96. The number of rotatable bonds is 7. The van der Waals surface area contributed by atoms with Crippen molar-refractivity contribution in [1.82, 2.24) is 14.6 Å². The number of nitrogens with one attached hydrogen (secondary N) is 1. The Morgan fingerprint density at radius 1 is 1.39 bits per heavy atom. The summed E-state index contributed by atoms with van der Waals surface area (Å²) in [6, 6.07) is 4.75. The van der Waals surface area contributed by atoms with Crippen LogP contribution in [0.4, 0.5) is 18.9 Å². The first-order valence-electron chi connectivity index (χ1n) is 9.55. The maximum atomic E-state index is 12.5. The van der Waals surface area contributed by atoms with Crippen LogP contribution in [0.2, 0.25) is 5.15 Å². The molecule has 3 aromatic rings. The third-order valence-corrected chi connectivity index (χ3v) is 5.27. The number of hydrogen-bond donors (Lipinski definition) is 2. The Bertz CT molecular complexity index is 1160. The summed E-state index contributed by atoms with van der Waals surface area (Å²) in [5.41, 5.74) is 8.48. The van der Waals surface area contributed by atoms with Gasteiger partial charge >= 0.3 is 6.18 Å². The second-order valence-corrected chi connectivity index (χ2v) is 7.68. The molecular weight excluding hydrogens is 435 g/mol. The highest BCUT2D eigenvalue weighted by Gasteiger charge is 2.33. The average Bonchev–Trinajstić information content (AvgIpc) is 3.45. The maximum Gasteiger partial charge on any atom is 0.390 e. The van der Waals surface area contributed by atoms with Crippen molar-refractivity contribution in [3.8, 4) is 17.0 Å². The molecule has 4 rings (SSSR count). The Hall–Kier alpha value is -3.01. The van der Waals surface area contributed by atoms with Gasteiger partial charge in [-0.15, -0.1) is 0 Å². The summed E-state index contributed by atoms with van der Waals surface area (Å²) in [6.45, 7) is -0.329. The molecule has 3 N–H and O–H groups in total. The lowest BCUT2D eigenvalue weighted by Crippen LogP contribution is -2.15. The number of halogens is 4. The Morgan fingerprint density at radius 3 is 2.74 bits per heavy atom. The van der Waals surface area contributed by atoms with Crippen LogP contribution in [-0.4, -0.2) is 40.3 Å². The molecule has 7 nitrogen and oxygen atoms in total. The van der Waals surface area contributed by atoms with Crippen molar-refractivity contribution in [2.24, 2.45) is 5.73 Å². The second-order valence-electron chi connectivity index (χ2n) is 7.30. The number of imidazole rings is 1. The number of anilines is 1. The zero-order valence-corrected chi connectivity index (χ0v) is 17.2. The topological polar surface area (TPSA) is 94.5 Å². The van der Waals surface area contributed by atoms with Crippen molar-refractivity contribution in [3.05, 3.63) is 40.7 Å². The van der Waals surface area contributed by atoms with E-state index in [-0.39, 0.29) is 17.6 Å². The monoisotopic (exact) mass is 453 g/mol. The molecule has 1 aliphatic rings. The van der Waals surface area contributed by atoms with Crippen molar-refractivity contribution in [1.29, 1.82) is 0 Å². The fraction of sp³-hybridized carbons (Fsp3) is 0.350. The van der Waals surface area contributed by atoms with Crippen molar-refractivity contribution in [2.75, 3.05) is 19.0 Å². The largest absolute Gasteiger partial charge is 0.496 e. The minimum Gasteiger partial charge on any atom is -0.496 e. The molecule has 11 heteroatoms. The number of carbonyl (C=O) groups excluding carboxylic acids is 1. The van der Waals surface area contributed by atoms with Gasteiger partial charge in [-0.05, 0) is 30.9 Å². The van der Waals surface area contributed by atoms with Crippen LogP contribution in [0.5, 0.6) is 5.75 Å². The van der Waals surface area contributed by atoms with Gasteiger partial charge in [0.25, 0.3) is 0 Å². The smallest absolute Gasteiger partial charge is 0.390 e. The van der Waals surface area contributed by atoms with Gasteiger partial charge in [-0.1, -0.05) is 11.6 Å². The van der Waals surface area contributed by atoms with Gasteiger partial charge in [-0.3, -0.25) is 4.79 Å². The van der Waals surface area contributed by atoms with Crippen LogP contribution in [0.15, 0.2) is 24.4 Å². The van der Waals surface area contributed by atoms with E-state index in [1.165, 1.54) is 23.9 Å². The summed E-state index contributed by atoms with van der Waals surface area (Å²) in [6.07, 6.45) is -1.91. The first-order chi connectivity index (χ1) is 14.7. The van der Waals surface area contributed by atoms with E-state index < -0.39 is 18.5 Å². The summed E-state index contributed by atoms with van der Waals surface area (Å²) in [4.78, 5) is 16.2. The quantitative estimate of drug-likeness (QED) is 0.553.